The number of carbonyl (C=O) groups is 1. The minimum Gasteiger partial charge on any atom is -0.347 e. The molecule has 0 saturated carbocycles. The van der Waals surface area contributed by atoms with E-state index >= 15 is 0 Å². The molecule has 34 heavy (non-hydrogen) atoms. The van der Waals surface area contributed by atoms with Crippen LogP contribution in [0.1, 0.15) is 22.2 Å². The molecule has 0 unspecified atom stereocenters. The number of pyridine rings is 1. The molecule has 0 aliphatic rings. The van der Waals surface area contributed by atoms with Crippen LogP contribution in [0, 0.1) is 0 Å². The van der Waals surface area contributed by atoms with Crippen LogP contribution in [0.25, 0.3) is 22.6 Å². The Hall–Kier alpha value is -4.49. The van der Waals surface area contributed by atoms with Crippen LogP contribution in [-0.4, -0.2) is 60.0 Å². The second-order valence-corrected chi connectivity index (χ2v) is 7.06. The molecule has 0 aliphatic carbocycles. The summed E-state index contributed by atoms with van der Waals surface area (Å²) in [5, 5.41) is 6.26. The molecule has 0 saturated heterocycles. The zero-order chi connectivity index (χ0) is 24.3. The van der Waals surface area contributed by atoms with Gasteiger partial charge in [0.15, 0.2) is 0 Å². The summed E-state index contributed by atoms with van der Waals surface area (Å²) in [5.74, 6) is -1.28. The Morgan fingerprint density at radius 3 is 2.35 bits per heavy atom. The van der Waals surface area contributed by atoms with Crippen LogP contribution in [0.3, 0.4) is 0 Å². The van der Waals surface area contributed by atoms with Gasteiger partial charge < -0.3 is 14.7 Å². The number of rotatable bonds is 6. The Bertz CT molecular complexity index is 1290. The van der Waals surface area contributed by atoms with Crippen LogP contribution in [0.5, 0.6) is 0 Å². The van der Waals surface area contributed by atoms with Gasteiger partial charge in [-0.2, -0.15) is 18.2 Å². The van der Waals surface area contributed by atoms with Crippen molar-refractivity contribution in [2.75, 3.05) is 19.4 Å². The van der Waals surface area contributed by atoms with Crippen molar-refractivity contribution in [3.05, 3.63) is 60.4 Å². The highest BCUT2D eigenvalue weighted by molar-refractivity contribution is 5.92. The van der Waals surface area contributed by atoms with E-state index < -0.39 is 12.1 Å². The fraction of sp³-hybridized carbons (Fsp3) is 0.200. The lowest BCUT2D eigenvalue weighted by atomic mass is 10.2. The number of alkyl halides is 3. The number of carbonyl (C=O) groups excluding carboxylic acids is 1. The van der Waals surface area contributed by atoms with Gasteiger partial charge in [0, 0.05) is 44.4 Å². The number of halogens is 3. The quantitative estimate of drug-likeness (QED) is 0.447. The molecule has 4 aromatic heterocycles. The third-order valence-corrected chi connectivity index (χ3v) is 4.38. The van der Waals surface area contributed by atoms with Gasteiger partial charge in [0.2, 0.25) is 11.8 Å². The smallest absolute Gasteiger partial charge is 0.347 e. The van der Waals surface area contributed by atoms with Crippen LogP contribution < -0.4 is 5.32 Å². The molecule has 1 N–H and O–H groups in total. The molecule has 0 atom stereocenters. The molecular formula is C20H16F3N9O2. The van der Waals surface area contributed by atoms with Gasteiger partial charge in [0.25, 0.3) is 5.91 Å². The van der Waals surface area contributed by atoms with Gasteiger partial charge in [-0.3, -0.25) is 9.78 Å². The van der Waals surface area contributed by atoms with E-state index in [1.807, 2.05) is 0 Å². The van der Waals surface area contributed by atoms with Crippen molar-refractivity contribution in [2.24, 2.45) is 0 Å². The van der Waals surface area contributed by atoms with Gasteiger partial charge in [-0.15, -0.1) is 0 Å². The van der Waals surface area contributed by atoms with Gasteiger partial charge in [-0.25, -0.2) is 19.9 Å². The standard InChI is InChI=1S/C20H16F3N9O2/c1-32(2)17(33)14-4-3-11(7-25-14)13-5-6-24-19(29-13)28-10-15-26-8-12(9-27-15)16-30-18(34-31-16)20(21,22)23/h3-9H,10H2,1-2H3,(H,24,28,29). The Labute approximate surface area is 190 Å². The highest BCUT2D eigenvalue weighted by Gasteiger charge is 2.38. The first-order valence-electron chi connectivity index (χ1n) is 9.68. The number of hydrogen-bond donors (Lipinski definition) is 1. The number of aromatic nitrogens is 7. The molecule has 0 bridgehead atoms. The molecule has 4 rings (SSSR count). The second kappa shape index (κ2) is 9.17. The van der Waals surface area contributed by atoms with E-state index in [4.69, 9.17) is 0 Å². The van der Waals surface area contributed by atoms with Crippen molar-refractivity contribution in [3.8, 4) is 22.6 Å². The molecule has 1 amide bonds. The van der Waals surface area contributed by atoms with Crippen LogP contribution in [0.4, 0.5) is 19.1 Å². The molecular weight excluding hydrogens is 455 g/mol. The topological polar surface area (TPSA) is 136 Å². The summed E-state index contributed by atoms with van der Waals surface area (Å²) in [6.07, 6.45) is 0.949. The predicted octanol–water partition coefficient (Wildman–Crippen LogP) is 2.71. The molecule has 0 fully saturated rings. The first kappa shape index (κ1) is 22.7. The third-order valence-electron chi connectivity index (χ3n) is 4.38. The molecule has 0 spiro atoms. The summed E-state index contributed by atoms with van der Waals surface area (Å²) in [6.45, 7) is 0.151. The number of amides is 1. The maximum Gasteiger partial charge on any atom is 0.471 e. The van der Waals surface area contributed by atoms with Crippen LogP contribution in [-0.2, 0) is 12.7 Å². The minimum atomic E-state index is -4.73. The van der Waals surface area contributed by atoms with Gasteiger partial charge >= 0.3 is 12.1 Å². The zero-order valence-electron chi connectivity index (χ0n) is 17.8. The third kappa shape index (κ3) is 5.11. The SMILES string of the molecule is CN(C)C(=O)c1ccc(-c2ccnc(NCc3ncc(-c4noc(C(F)(F)F)n4)cn3)n2)cn1. The monoisotopic (exact) mass is 471 g/mol. The van der Waals surface area contributed by atoms with E-state index in [0.29, 0.717) is 28.7 Å². The second-order valence-electron chi connectivity index (χ2n) is 7.06. The highest BCUT2D eigenvalue weighted by Crippen LogP contribution is 2.29. The summed E-state index contributed by atoms with van der Waals surface area (Å²) in [4.78, 5) is 37.6. The molecule has 4 aromatic rings. The van der Waals surface area contributed by atoms with Gasteiger partial charge in [-0.05, 0) is 18.2 Å². The number of nitrogens with zero attached hydrogens (tertiary/aromatic N) is 8. The van der Waals surface area contributed by atoms with Crippen LogP contribution >= 0.6 is 0 Å². The van der Waals surface area contributed by atoms with E-state index in [2.05, 4.69) is 44.9 Å². The average Bonchev–Trinajstić information content (AvgIpc) is 3.34. The Morgan fingerprint density at radius 1 is 1.00 bits per heavy atom. The molecule has 4 heterocycles. The van der Waals surface area contributed by atoms with E-state index in [1.54, 1.807) is 44.7 Å². The van der Waals surface area contributed by atoms with Gasteiger partial charge in [-0.1, -0.05) is 5.16 Å². The molecule has 14 heteroatoms. The normalized spacial score (nSPS) is 11.3. The summed E-state index contributed by atoms with van der Waals surface area (Å²) in [5.41, 5.74) is 1.77. The fourth-order valence-electron chi connectivity index (χ4n) is 2.68. The Morgan fingerprint density at radius 2 is 1.74 bits per heavy atom. The minimum absolute atomic E-state index is 0.151. The highest BCUT2D eigenvalue weighted by atomic mass is 19.4. The lowest BCUT2D eigenvalue weighted by Gasteiger charge is -2.10. The van der Waals surface area contributed by atoms with Crippen LogP contribution in [0.15, 0.2) is 47.5 Å². The summed E-state index contributed by atoms with van der Waals surface area (Å²) in [7, 11) is 3.29. The molecule has 0 aliphatic heterocycles. The number of nitrogens with one attached hydrogen (secondary N) is 1. The maximum atomic E-state index is 12.6. The van der Waals surface area contributed by atoms with Crippen LogP contribution in [0.2, 0.25) is 0 Å². The van der Waals surface area contributed by atoms with Crippen molar-refractivity contribution < 1.29 is 22.5 Å². The average molecular weight is 471 g/mol. The summed E-state index contributed by atoms with van der Waals surface area (Å²) < 4.78 is 42.0. The van der Waals surface area contributed by atoms with Crippen molar-refractivity contribution in [1.82, 2.24) is 40.0 Å². The zero-order valence-corrected chi connectivity index (χ0v) is 17.8. The summed E-state index contributed by atoms with van der Waals surface area (Å²) in [6, 6.07) is 5.05. The lowest BCUT2D eigenvalue weighted by Crippen LogP contribution is -2.22. The fourth-order valence-corrected chi connectivity index (χ4v) is 2.68. The van der Waals surface area contributed by atoms with E-state index in [9.17, 15) is 18.0 Å². The van der Waals surface area contributed by atoms with Crippen molar-refractivity contribution in [2.45, 2.75) is 12.7 Å². The van der Waals surface area contributed by atoms with E-state index in [1.165, 1.54) is 17.3 Å². The molecule has 11 nitrogen and oxygen atoms in total. The van der Waals surface area contributed by atoms with Crippen molar-refractivity contribution in [3.63, 3.8) is 0 Å². The van der Waals surface area contributed by atoms with E-state index in [-0.39, 0.29) is 23.8 Å². The predicted molar refractivity (Wildman–Crippen MR) is 111 cm³/mol. The Kier molecular flexibility index (Phi) is 6.12. The maximum absolute atomic E-state index is 12.6. The van der Waals surface area contributed by atoms with Crippen molar-refractivity contribution in [1.29, 1.82) is 0 Å². The summed E-state index contributed by atoms with van der Waals surface area (Å²) >= 11 is 0. The first-order chi connectivity index (χ1) is 16.2. The van der Waals surface area contributed by atoms with Crippen molar-refractivity contribution >= 4 is 11.9 Å². The molecule has 174 valence electrons. The Balaban J connectivity index is 1.41. The largest absolute Gasteiger partial charge is 0.471 e. The number of anilines is 1. The molecule has 0 radical (unpaired) electrons. The van der Waals surface area contributed by atoms with Gasteiger partial charge in [0.1, 0.15) is 11.5 Å². The van der Waals surface area contributed by atoms with E-state index in [0.717, 1.165) is 0 Å². The lowest BCUT2D eigenvalue weighted by molar-refractivity contribution is -0.159. The first-order valence-corrected chi connectivity index (χ1v) is 9.68. The number of hydrogen-bond acceptors (Lipinski definition) is 10. The molecule has 0 aromatic carbocycles. The van der Waals surface area contributed by atoms with Gasteiger partial charge in [0.05, 0.1) is 17.8 Å².